The number of rotatable bonds is 2. The van der Waals surface area contributed by atoms with Gasteiger partial charge in [0.15, 0.2) is 0 Å². The van der Waals surface area contributed by atoms with Crippen molar-refractivity contribution in [2.75, 3.05) is 0 Å². The van der Waals surface area contributed by atoms with Crippen LogP contribution in [0.4, 0.5) is 4.39 Å². The van der Waals surface area contributed by atoms with Crippen LogP contribution in [0.1, 0.15) is 30.6 Å². The van der Waals surface area contributed by atoms with E-state index >= 15 is 0 Å². The van der Waals surface area contributed by atoms with Gasteiger partial charge in [0, 0.05) is 23.6 Å². The summed E-state index contributed by atoms with van der Waals surface area (Å²) >= 11 is 0. The molecule has 0 radical (unpaired) electrons. The molecule has 2 unspecified atom stereocenters. The van der Waals surface area contributed by atoms with E-state index in [0.29, 0.717) is 6.42 Å². The molecule has 2 atom stereocenters. The summed E-state index contributed by atoms with van der Waals surface area (Å²) in [5.74, 6) is -1.40. The van der Waals surface area contributed by atoms with Gasteiger partial charge in [0.05, 0.1) is 5.56 Å². The second-order valence-electron chi connectivity index (χ2n) is 5.35. The van der Waals surface area contributed by atoms with Crippen molar-refractivity contribution in [1.82, 2.24) is 5.32 Å². The molecule has 1 aromatic rings. The number of phenols is 1. The van der Waals surface area contributed by atoms with Crippen LogP contribution in [0, 0.1) is 11.2 Å². The zero-order chi connectivity index (χ0) is 13.5. The van der Waals surface area contributed by atoms with E-state index in [1.165, 1.54) is 12.1 Å². The van der Waals surface area contributed by atoms with Crippen molar-refractivity contribution >= 4 is 5.91 Å². The summed E-state index contributed by atoms with van der Waals surface area (Å²) in [6.07, 6.45) is 0.693. The van der Waals surface area contributed by atoms with Gasteiger partial charge in [0.1, 0.15) is 11.6 Å². The van der Waals surface area contributed by atoms with Crippen molar-refractivity contribution in [3.05, 3.63) is 29.6 Å². The van der Waals surface area contributed by atoms with E-state index in [9.17, 15) is 9.18 Å². The minimum absolute atomic E-state index is 0.0480. The summed E-state index contributed by atoms with van der Waals surface area (Å²) in [7, 11) is 0. The van der Waals surface area contributed by atoms with E-state index in [2.05, 4.69) is 5.32 Å². The van der Waals surface area contributed by atoms with E-state index in [-0.39, 0.29) is 28.8 Å². The third kappa shape index (κ3) is 2.06. The maximum atomic E-state index is 13.5. The van der Waals surface area contributed by atoms with Crippen LogP contribution in [0.25, 0.3) is 0 Å². The molecule has 98 valence electrons. The number of carbonyl (C=O) groups excluding carboxylic acids is 1. The van der Waals surface area contributed by atoms with Crippen LogP contribution in [-0.2, 0) is 0 Å². The molecule has 4 N–H and O–H groups in total. The van der Waals surface area contributed by atoms with E-state index in [0.717, 1.165) is 6.07 Å². The highest BCUT2D eigenvalue weighted by Gasteiger charge is 2.46. The molecule has 0 saturated heterocycles. The number of halogens is 1. The Morgan fingerprint density at radius 3 is 2.72 bits per heavy atom. The standard InChI is InChI=1S/C13H17FN2O2/c1-13(2)10(15)6-11(13)16-12(18)8-4-3-7(17)5-9(8)14/h3-5,10-11,17H,6,15H2,1-2H3,(H,16,18). The molecule has 0 aromatic heterocycles. The first kappa shape index (κ1) is 12.8. The van der Waals surface area contributed by atoms with Gasteiger partial charge < -0.3 is 16.2 Å². The first-order valence-corrected chi connectivity index (χ1v) is 5.87. The molecule has 1 aliphatic rings. The van der Waals surface area contributed by atoms with Gasteiger partial charge in [-0.2, -0.15) is 0 Å². The Kier molecular flexibility index (Phi) is 3.02. The first-order chi connectivity index (χ1) is 8.32. The Bertz CT molecular complexity index is 488. The first-order valence-electron chi connectivity index (χ1n) is 5.87. The second-order valence-corrected chi connectivity index (χ2v) is 5.35. The van der Waals surface area contributed by atoms with Gasteiger partial charge in [-0.3, -0.25) is 4.79 Å². The van der Waals surface area contributed by atoms with Gasteiger partial charge in [-0.1, -0.05) is 13.8 Å². The fraction of sp³-hybridized carbons (Fsp3) is 0.462. The van der Waals surface area contributed by atoms with E-state index in [1.807, 2.05) is 13.8 Å². The normalized spacial score (nSPS) is 25.3. The van der Waals surface area contributed by atoms with Gasteiger partial charge in [-0.05, 0) is 18.6 Å². The van der Waals surface area contributed by atoms with Crippen LogP contribution in [-0.4, -0.2) is 23.1 Å². The molecule has 0 bridgehead atoms. The Labute approximate surface area is 105 Å². The molecule has 4 nitrogen and oxygen atoms in total. The average Bonchev–Trinajstić information content (AvgIpc) is 2.28. The molecule has 1 amide bonds. The number of nitrogens with two attached hydrogens (primary N) is 1. The monoisotopic (exact) mass is 252 g/mol. The van der Waals surface area contributed by atoms with Gasteiger partial charge in [0.2, 0.25) is 0 Å². The minimum atomic E-state index is -0.728. The molecule has 18 heavy (non-hydrogen) atoms. The summed E-state index contributed by atoms with van der Waals surface area (Å²) in [6.45, 7) is 3.94. The van der Waals surface area contributed by atoms with Gasteiger partial charge >= 0.3 is 0 Å². The highest BCUT2D eigenvalue weighted by molar-refractivity contribution is 5.94. The number of hydrogen-bond acceptors (Lipinski definition) is 3. The van der Waals surface area contributed by atoms with E-state index < -0.39 is 11.7 Å². The van der Waals surface area contributed by atoms with Crippen molar-refractivity contribution in [2.24, 2.45) is 11.1 Å². The number of benzene rings is 1. The van der Waals surface area contributed by atoms with Crippen molar-refractivity contribution < 1.29 is 14.3 Å². The Morgan fingerprint density at radius 1 is 1.56 bits per heavy atom. The zero-order valence-corrected chi connectivity index (χ0v) is 10.4. The summed E-state index contributed by atoms with van der Waals surface area (Å²) < 4.78 is 13.5. The number of phenolic OH excluding ortho intramolecular Hbond substituents is 1. The lowest BCUT2D eigenvalue weighted by Crippen LogP contribution is -2.64. The lowest BCUT2D eigenvalue weighted by atomic mass is 9.63. The summed E-state index contributed by atoms with van der Waals surface area (Å²) in [6, 6.07) is 3.48. The fourth-order valence-corrected chi connectivity index (χ4v) is 2.13. The number of nitrogens with one attached hydrogen (secondary N) is 1. The van der Waals surface area contributed by atoms with Crippen LogP contribution in [0.5, 0.6) is 5.75 Å². The maximum Gasteiger partial charge on any atom is 0.254 e. The topological polar surface area (TPSA) is 75.3 Å². The SMILES string of the molecule is CC1(C)C(N)CC1NC(=O)c1ccc(O)cc1F. The molecular formula is C13H17FN2O2. The summed E-state index contributed by atoms with van der Waals surface area (Å²) in [5.41, 5.74) is 5.61. The molecule has 0 spiro atoms. The van der Waals surface area contributed by atoms with Gasteiger partial charge in [-0.15, -0.1) is 0 Å². The van der Waals surface area contributed by atoms with Crippen LogP contribution >= 0.6 is 0 Å². The predicted octanol–water partition coefficient (Wildman–Crippen LogP) is 1.39. The lowest BCUT2D eigenvalue weighted by Gasteiger charge is -2.50. The quantitative estimate of drug-likeness (QED) is 0.744. The van der Waals surface area contributed by atoms with Gasteiger partial charge in [-0.25, -0.2) is 4.39 Å². The highest BCUT2D eigenvalue weighted by Crippen LogP contribution is 2.39. The molecule has 1 aliphatic carbocycles. The molecule has 1 fully saturated rings. The maximum absolute atomic E-state index is 13.5. The average molecular weight is 252 g/mol. The number of carbonyl (C=O) groups is 1. The molecular weight excluding hydrogens is 235 g/mol. The predicted molar refractivity (Wildman–Crippen MR) is 65.7 cm³/mol. The number of amides is 1. The van der Waals surface area contributed by atoms with Crippen LogP contribution < -0.4 is 11.1 Å². The third-order valence-electron chi connectivity index (χ3n) is 3.85. The summed E-state index contributed by atoms with van der Waals surface area (Å²) in [4.78, 5) is 11.9. The molecule has 2 rings (SSSR count). The minimum Gasteiger partial charge on any atom is -0.508 e. The molecule has 5 heteroatoms. The largest absolute Gasteiger partial charge is 0.508 e. The molecule has 1 aromatic carbocycles. The summed E-state index contributed by atoms with van der Waals surface area (Å²) in [5, 5.41) is 11.9. The van der Waals surface area contributed by atoms with Gasteiger partial charge in [0.25, 0.3) is 5.91 Å². The highest BCUT2D eigenvalue weighted by atomic mass is 19.1. The van der Waals surface area contributed by atoms with Crippen molar-refractivity contribution in [2.45, 2.75) is 32.4 Å². The fourth-order valence-electron chi connectivity index (χ4n) is 2.13. The second kappa shape index (κ2) is 4.24. The van der Waals surface area contributed by atoms with Crippen LogP contribution in [0.3, 0.4) is 0 Å². The van der Waals surface area contributed by atoms with Crippen molar-refractivity contribution in [3.8, 4) is 5.75 Å². The number of aromatic hydroxyl groups is 1. The Morgan fingerprint density at radius 2 is 2.22 bits per heavy atom. The third-order valence-corrected chi connectivity index (χ3v) is 3.85. The Balaban J connectivity index is 2.09. The van der Waals surface area contributed by atoms with E-state index in [4.69, 9.17) is 10.8 Å². The van der Waals surface area contributed by atoms with Crippen LogP contribution in [0.15, 0.2) is 18.2 Å². The molecule has 0 heterocycles. The Hall–Kier alpha value is -1.62. The van der Waals surface area contributed by atoms with Crippen molar-refractivity contribution in [1.29, 1.82) is 0 Å². The zero-order valence-electron chi connectivity index (χ0n) is 10.4. The molecule has 0 aliphatic heterocycles. The smallest absolute Gasteiger partial charge is 0.254 e. The van der Waals surface area contributed by atoms with E-state index in [1.54, 1.807) is 0 Å². The number of hydrogen-bond donors (Lipinski definition) is 3. The molecule has 1 saturated carbocycles. The lowest BCUT2D eigenvalue weighted by molar-refractivity contribution is 0.0584. The van der Waals surface area contributed by atoms with Crippen molar-refractivity contribution in [3.63, 3.8) is 0 Å². The van der Waals surface area contributed by atoms with Crippen LogP contribution in [0.2, 0.25) is 0 Å².